The lowest BCUT2D eigenvalue weighted by Gasteiger charge is -2.38. The second-order valence-corrected chi connectivity index (χ2v) is 10.2. The van der Waals surface area contributed by atoms with Crippen LogP contribution in [-0.4, -0.2) is 41.1 Å². The Morgan fingerprint density at radius 2 is 1.20 bits per heavy atom. The molecule has 0 aliphatic heterocycles. The smallest absolute Gasteiger partial charge is 0.253 e. The van der Waals surface area contributed by atoms with Crippen LogP contribution < -0.4 is 47.7 Å². The number of carboxylic acid groups (broad SMARTS) is 2. The highest BCUT2D eigenvalue weighted by Gasteiger charge is 2.38. The quantitative estimate of drug-likeness (QED) is 0.0945. The van der Waals surface area contributed by atoms with Crippen molar-refractivity contribution >= 4 is 35.1 Å². The van der Waals surface area contributed by atoms with E-state index in [0.717, 1.165) is 16.7 Å². The molecular formula is C32H29N7O6-2. The van der Waals surface area contributed by atoms with E-state index in [9.17, 15) is 29.4 Å². The van der Waals surface area contributed by atoms with Gasteiger partial charge in [0.25, 0.3) is 10.9 Å². The summed E-state index contributed by atoms with van der Waals surface area (Å²) in [6.45, 7) is -0.650. The fraction of sp³-hybridized carbons (Fsp3) is 0.156. The average Bonchev–Trinajstić information content (AvgIpc) is 3.40. The first-order valence-electron chi connectivity index (χ1n) is 13.9. The van der Waals surface area contributed by atoms with Crippen molar-refractivity contribution in [2.75, 3.05) is 29.0 Å². The monoisotopic (exact) mass is 607 g/mol. The van der Waals surface area contributed by atoms with Crippen LogP contribution in [0.2, 0.25) is 0 Å². The number of hydrogen-bond donors (Lipinski definition) is 5. The summed E-state index contributed by atoms with van der Waals surface area (Å²) in [4.78, 5) is 47.2. The molecule has 5 N–H and O–H groups in total. The summed E-state index contributed by atoms with van der Waals surface area (Å²) in [6.07, 6.45) is -1.69. The number of aryl methyl sites for hydroxylation is 1. The van der Waals surface area contributed by atoms with Crippen molar-refractivity contribution in [3.63, 3.8) is 0 Å². The average molecular weight is 608 g/mol. The largest absolute Gasteiger partial charge is 0.530 e. The summed E-state index contributed by atoms with van der Waals surface area (Å²) < 4.78 is 1.60. The lowest BCUT2D eigenvalue weighted by atomic mass is 9.77. The fourth-order valence-electron chi connectivity index (χ4n) is 5.21. The van der Waals surface area contributed by atoms with Gasteiger partial charge in [-0.1, -0.05) is 91.0 Å². The minimum Gasteiger partial charge on any atom is -0.530 e. The van der Waals surface area contributed by atoms with Gasteiger partial charge in [-0.3, -0.25) is 14.3 Å². The molecule has 5 aromatic rings. The summed E-state index contributed by atoms with van der Waals surface area (Å²) >= 11 is 0. The summed E-state index contributed by atoms with van der Waals surface area (Å²) in [5.74, 6) is 0.486. The van der Waals surface area contributed by atoms with Crippen LogP contribution in [0.15, 0.2) is 107 Å². The lowest BCUT2D eigenvalue weighted by molar-refractivity contribution is -0.251. The number of nitrogens with one attached hydrogen (secondary N) is 5. The van der Waals surface area contributed by atoms with E-state index in [4.69, 9.17) is 0 Å². The molecule has 0 saturated carbocycles. The molecular weight excluding hydrogens is 578 g/mol. The van der Waals surface area contributed by atoms with E-state index in [-0.39, 0.29) is 24.5 Å². The van der Waals surface area contributed by atoms with Crippen LogP contribution in [0, 0.1) is 0 Å². The van der Waals surface area contributed by atoms with Crippen LogP contribution in [0.5, 0.6) is 0 Å². The van der Waals surface area contributed by atoms with E-state index in [2.05, 4.69) is 21.0 Å². The Bertz CT molecular complexity index is 1740. The molecule has 0 fully saturated rings. The van der Waals surface area contributed by atoms with E-state index >= 15 is 0 Å². The number of benzene rings is 3. The van der Waals surface area contributed by atoms with Gasteiger partial charge in [0.15, 0.2) is 0 Å². The topological polar surface area (TPSA) is 192 Å². The maximum Gasteiger partial charge on any atom is 0.253 e. The molecule has 0 saturated heterocycles. The van der Waals surface area contributed by atoms with Gasteiger partial charge in [-0.2, -0.15) is 5.10 Å². The lowest BCUT2D eigenvalue weighted by Crippen LogP contribution is -2.51. The Morgan fingerprint density at radius 1 is 0.756 bits per heavy atom. The molecule has 0 aliphatic rings. The van der Waals surface area contributed by atoms with Crippen molar-refractivity contribution in [3.05, 3.63) is 134 Å². The molecule has 1 aromatic heterocycles. The maximum absolute atomic E-state index is 12.8. The Labute approximate surface area is 257 Å². The number of aromatic nitrogens is 2. The van der Waals surface area contributed by atoms with Crippen LogP contribution in [0.1, 0.15) is 16.7 Å². The van der Waals surface area contributed by atoms with Crippen LogP contribution in [-0.2, 0) is 12.6 Å². The molecule has 0 aliphatic carbocycles. The van der Waals surface area contributed by atoms with E-state index in [1.807, 2.05) is 102 Å². The molecule has 0 unspecified atom stereocenters. The van der Waals surface area contributed by atoms with Crippen molar-refractivity contribution < 1.29 is 19.8 Å². The van der Waals surface area contributed by atoms with Crippen LogP contribution in [0.4, 0.5) is 32.5 Å². The number of anilines is 4. The van der Waals surface area contributed by atoms with Crippen molar-refractivity contribution in [2.24, 2.45) is 7.05 Å². The molecule has 230 valence electrons. The number of carbonyl (C=O) groups is 2. The SMILES string of the molecule is Cn1ncc(Nc2c(NC(CNC(=O)[O-])CNC(=O)[O-])c(=O)c2=O)c1NC(c1ccccc1)(c1ccccc1)c1ccccc1. The molecule has 0 spiro atoms. The van der Waals surface area contributed by atoms with Gasteiger partial charge in [-0.15, -0.1) is 0 Å². The third-order valence-corrected chi connectivity index (χ3v) is 7.37. The zero-order valence-electron chi connectivity index (χ0n) is 24.1. The van der Waals surface area contributed by atoms with Crippen molar-refractivity contribution in [3.8, 4) is 0 Å². The number of rotatable bonds is 13. The van der Waals surface area contributed by atoms with Crippen molar-refractivity contribution in [2.45, 2.75) is 11.6 Å². The van der Waals surface area contributed by atoms with Gasteiger partial charge in [-0.25, -0.2) is 0 Å². The maximum atomic E-state index is 12.8. The molecule has 5 rings (SSSR count). The molecule has 4 aromatic carbocycles. The number of nitrogens with zero attached hydrogens (tertiary/aromatic N) is 2. The standard InChI is InChI=1S/C32H31N7O6/c1-39-29(38-32(20-11-5-2-6-12-20,21-13-7-3-8-14-21)22-15-9-4-10-16-22)24(19-35-39)37-26-25(27(40)28(26)41)36-23(17-33-30(42)43)18-34-31(44)45/h2-16,19,23,33-34,36-38H,17-18H2,1H3,(H,42,43)(H,44,45)/p-2. The normalized spacial score (nSPS) is 11.2. The van der Waals surface area contributed by atoms with Gasteiger partial charge in [0.2, 0.25) is 0 Å². The Morgan fingerprint density at radius 3 is 1.64 bits per heavy atom. The first-order chi connectivity index (χ1) is 21.7. The highest BCUT2D eigenvalue weighted by molar-refractivity contribution is 5.83. The Balaban J connectivity index is 1.55. The molecule has 13 heteroatoms. The molecule has 13 nitrogen and oxygen atoms in total. The van der Waals surface area contributed by atoms with Gasteiger partial charge < -0.3 is 46.4 Å². The third-order valence-electron chi connectivity index (χ3n) is 7.37. The van der Waals surface area contributed by atoms with Gasteiger partial charge in [-0.05, 0) is 16.7 Å². The van der Waals surface area contributed by atoms with Gasteiger partial charge >= 0.3 is 0 Å². The Hall–Kier alpha value is -6.11. The molecule has 0 bridgehead atoms. The van der Waals surface area contributed by atoms with Crippen molar-refractivity contribution in [1.82, 2.24) is 20.4 Å². The van der Waals surface area contributed by atoms with E-state index in [1.54, 1.807) is 11.7 Å². The summed E-state index contributed by atoms with van der Waals surface area (Å²) in [5.41, 5.74) is 0.327. The van der Waals surface area contributed by atoms with Crippen LogP contribution in [0.3, 0.4) is 0 Å². The molecule has 0 atom stereocenters. The predicted molar refractivity (Wildman–Crippen MR) is 165 cm³/mol. The third kappa shape index (κ3) is 6.32. The van der Waals surface area contributed by atoms with Crippen LogP contribution in [0.25, 0.3) is 0 Å². The predicted octanol–water partition coefficient (Wildman–Crippen LogP) is 0.810. The molecule has 0 radical (unpaired) electrons. The summed E-state index contributed by atoms with van der Waals surface area (Å²) in [5, 5.41) is 39.8. The minimum absolute atomic E-state index is 0.0901. The Kier molecular flexibility index (Phi) is 8.79. The van der Waals surface area contributed by atoms with Crippen molar-refractivity contribution in [1.29, 1.82) is 0 Å². The van der Waals surface area contributed by atoms with Crippen LogP contribution >= 0.6 is 0 Å². The zero-order chi connectivity index (χ0) is 32.0. The highest BCUT2D eigenvalue weighted by atomic mass is 16.4. The van der Waals surface area contributed by atoms with E-state index < -0.39 is 34.6 Å². The summed E-state index contributed by atoms with van der Waals surface area (Å²) in [7, 11) is 1.73. The first-order valence-corrected chi connectivity index (χ1v) is 13.9. The molecule has 45 heavy (non-hydrogen) atoms. The first kappa shape index (κ1) is 30.4. The second kappa shape index (κ2) is 13.0. The molecule has 1 heterocycles. The zero-order valence-corrected chi connectivity index (χ0v) is 24.1. The number of carbonyl (C=O) groups excluding carboxylic acids is 2. The summed E-state index contributed by atoms with van der Waals surface area (Å²) in [6, 6.07) is 28.6. The minimum atomic E-state index is -1.59. The number of hydrogen-bond acceptors (Lipinski definition) is 10. The number of amides is 2. The van der Waals surface area contributed by atoms with Gasteiger partial charge in [0, 0.05) is 20.1 Å². The second-order valence-electron chi connectivity index (χ2n) is 10.2. The van der Waals surface area contributed by atoms with E-state index in [1.165, 1.54) is 6.20 Å². The highest BCUT2D eigenvalue weighted by Crippen LogP contribution is 2.42. The molecule has 2 amide bonds. The van der Waals surface area contributed by atoms with Gasteiger partial charge in [0.1, 0.15) is 40.6 Å². The van der Waals surface area contributed by atoms with E-state index in [0.29, 0.717) is 11.5 Å². The van der Waals surface area contributed by atoms with Gasteiger partial charge in [0.05, 0.1) is 12.2 Å². The fourth-order valence-corrected chi connectivity index (χ4v) is 5.21.